The standard InChI is InChI=1S/C9H6ClN3O/c10-7-1-3-8(4-2-7)12-13-9(5-11)6-14/h1-4,6,12H/b13-9+. The fraction of sp³-hybridized carbons (Fsp3) is 0. The third-order valence-electron chi connectivity index (χ3n) is 1.38. The molecule has 0 unspecified atom stereocenters. The summed E-state index contributed by atoms with van der Waals surface area (Å²) < 4.78 is 0. The van der Waals surface area contributed by atoms with Gasteiger partial charge in [-0.05, 0) is 24.3 Å². The number of hydrogen-bond donors (Lipinski definition) is 1. The zero-order valence-electron chi connectivity index (χ0n) is 7.07. The molecule has 4 nitrogen and oxygen atoms in total. The molecule has 0 aliphatic rings. The van der Waals surface area contributed by atoms with Crippen LogP contribution in [0.2, 0.25) is 5.02 Å². The maximum Gasteiger partial charge on any atom is 0.200 e. The van der Waals surface area contributed by atoms with Crippen molar-refractivity contribution >= 4 is 29.3 Å². The van der Waals surface area contributed by atoms with Crippen molar-refractivity contribution in [2.45, 2.75) is 0 Å². The Balaban J connectivity index is 2.71. The fourth-order valence-corrected chi connectivity index (χ4v) is 0.853. The minimum atomic E-state index is -0.208. The summed E-state index contributed by atoms with van der Waals surface area (Å²) in [5.74, 6) is 0. The van der Waals surface area contributed by atoms with Gasteiger partial charge in [0.05, 0.1) is 5.69 Å². The van der Waals surface area contributed by atoms with Crippen LogP contribution in [0.15, 0.2) is 29.4 Å². The molecule has 70 valence electrons. The maximum absolute atomic E-state index is 10.2. The summed E-state index contributed by atoms with van der Waals surface area (Å²) in [6.45, 7) is 0. The highest BCUT2D eigenvalue weighted by atomic mass is 35.5. The van der Waals surface area contributed by atoms with Gasteiger partial charge in [-0.2, -0.15) is 10.4 Å². The average Bonchev–Trinajstić information content (AvgIpc) is 2.22. The van der Waals surface area contributed by atoms with Gasteiger partial charge in [-0.25, -0.2) is 0 Å². The Morgan fingerprint density at radius 1 is 1.50 bits per heavy atom. The van der Waals surface area contributed by atoms with Gasteiger partial charge in [0.2, 0.25) is 0 Å². The molecule has 1 N–H and O–H groups in total. The first kappa shape index (κ1) is 10.2. The van der Waals surface area contributed by atoms with E-state index in [-0.39, 0.29) is 5.71 Å². The van der Waals surface area contributed by atoms with Crippen LogP contribution in [-0.4, -0.2) is 12.0 Å². The largest absolute Gasteiger partial charge is 0.295 e. The minimum absolute atomic E-state index is 0.208. The highest BCUT2D eigenvalue weighted by Crippen LogP contribution is 2.12. The number of nitriles is 1. The van der Waals surface area contributed by atoms with Crippen molar-refractivity contribution in [1.29, 1.82) is 5.26 Å². The van der Waals surface area contributed by atoms with Crippen LogP contribution in [0.5, 0.6) is 0 Å². The third-order valence-corrected chi connectivity index (χ3v) is 1.63. The van der Waals surface area contributed by atoms with E-state index in [0.29, 0.717) is 17.0 Å². The first-order valence-electron chi connectivity index (χ1n) is 3.71. The number of hydrogen-bond acceptors (Lipinski definition) is 4. The molecule has 0 aromatic heterocycles. The lowest BCUT2D eigenvalue weighted by Gasteiger charge is -1.98. The predicted octanol–water partition coefficient (Wildman–Crippen LogP) is 1.83. The maximum atomic E-state index is 10.2. The quantitative estimate of drug-likeness (QED) is 0.467. The van der Waals surface area contributed by atoms with Gasteiger partial charge in [0.25, 0.3) is 0 Å². The molecule has 5 heteroatoms. The van der Waals surface area contributed by atoms with E-state index in [9.17, 15) is 4.79 Å². The van der Waals surface area contributed by atoms with E-state index in [2.05, 4.69) is 10.5 Å². The molecule has 0 atom stereocenters. The molecule has 0 bridgehead atoms. The summed E-state index contributed by atoms with van der Waals surface area (Å²) >= 11 is 5.66. The van der Waals surface area contributed by atoms with E-state index >= 15 is 0 Å². The Bertz CT molecular complexity index is 392. The molecular formula is C9H6ClN3O. The van der Waals surface area contributed by atoms with E-state index in [1.54, 1.807) is 30.3 Å². The molecule has 0 spiro atoms. The van der Waals surface area contributed by atoms with Crippen molar-refractivity contribution in [3.8, 4) is 6.07 Å². The molecule has 1 aromatic rings. The van der Waals surface area contributed by atoms with Crippen LogP contribution >= 0.6 is 11.6 Å². The molecule has 0 aliphatic heterocycles. The number of carbonyl (C=O) groups excluding carboxylic acids is 1. The number of anilines is 1. The molecule has 0 amide bonds. The molecule has 0 radical (unpaired) electrons. The van der Waals surface area contributed by atoms with Gasteiger partial charge < -0.3 is 0 Å². The topological polar surface area (TPSA) is 65.2 Å². The van der Waals surface area contributed by atoms with Crippen molar-refractivity contribution in [1.82, 2.24) is 0 Å². The summed E-state index contributed by atoms with van der Waals surface area (Å²) in [5.41, 5.74) is 3.00. The van der Waals surface area contributed by atoms with Crippen molar-refractivity contribution in [2.75, 3.05) is 5.43 Å². The Hall–Kier alpha value is -1.86. The average molecular weight is 208 g/mol. The van der Waals surface area contributed by atoms with E-state index in [0.717, 1.165) is 0 Å². The predicted molar refractivity (Wildman–Crippen MR) is 54.2 cm³/mol. The normalized spacial score (nSPS) is 10.4. The van der Waals surface area contributed by atoms with Crippen LogP contribution in [0.1, 0.15) is 0 Å². The van der Waals surface area contributed by atoms with Crippen LogP contribution in [0.3, 0.4) is 0 Å². The van der Waals surface area contributed by atoms with Gasteiger partial charge in [0.15, 0.2) is 12.0 Å². The van der Waals surface area contributed by atoms with Gasteiger partial charge in [0.1, 0.15) is 6.07 Å². The smallest absolute Gasteiger partial charge is 0.200 e. The van der Waals surface area contributed by atoms with Gasteiger partial charge in [-0.3, -0.25) is 10.2 Å². The molecule has 1 rings (SSSR count). The molecule has 0 heterocycles. The lowest BCUT2D eigenvalue weighted by Crippen LogP contribution is -1.99. The number of halogens is 1. The number of nitrogens with one attached hydrogen (secondary N) is 1. The van der Waals surface area contributed by atoms with Crippen molar-refractivity contribution in [2.24, 2.45) is 5.10 Å². The van der Waals surface area contributed by atoms with Crippen molar-refractivity contribution in [3.63, 3.8) is 0 Å². The number of hydrazone groups is 1. The number of carbonyl (C=O) groups is 1. The Morgan fingerprint density at radius 2 is 2.14 bits per heavy atom. The van der Waals surface area contributed by atoms with Crippen LogP contribution in [0.4, 0.5) is 5.69 Å². The minimum Gasteiger partial charge on any atom is -0.295 e. The van der Waals surface area contributed by atoms with Crippen LogP contribution < -0.4 is 5.43 Å². The number of benzene rings is 1. The zero-order chi connectivity index (χ0) is 10.4. The van der Waals surface area contributed by atoms with E-state index < -0.39 is 0 Å². The summed E-state index contributed by atoms with van der Waals surface area (Å²) in [6.07, 6.45) is 0.378. The second-order valence-electron chi connectivity index (χ2n) is 2.35. The highest BCUT2D eigenvalue weighted by Gasteiger charge is 1.93. The molecule has 0 fully saturated rings. The first-order valence-corrected chi connectivity index (χ1v) is 4.08. The number of rotatable bonds is 3. The van der Waals surface area contributed by atoms with Crippen molar-refractivity contribution < 1.29 is 4.79 Å². The zero-order valence-corrected chi connectivity index (χ0v) is 7.82. The first-order chi connectivity index (χ1) is 6.76. The van der Waals surface area contributed by atoms with Gasteiger partial charge >= 0.3 is 0 Å². The summed E-state index contributed by atoms with van der Waals surface area (Å²) in [4.78, 5) is 10.2. The highest BCUT2D eigenvalue weighted by molar-refractivity contribution is 6.36. The molecule has 0 saturated heterocycles. The van der Waals surface area contributed by atoms with E-state index in [1.165, 1.54) is 0 Å². The second kappa shape index (κ2) is 5.00. The number of nitrogens with zero attached hydrogens (tertiary/aromatic N) is 2. The lowest BCUT2D eigenvalue weighted by molar-refractivity contribution is -0.102. The summed E-state index contributed by atoms with van der Waals surface area (Å²) in [7, 11) is 0. The Labute approximate surface area is 85.8 Å². The Kier molecular flexibility index (Phi) is 3.65. The fourth-order valence-electron chi connectivity index (χ4n) is 0.727. The molecule has 1 aromatic carbocycles. The van der Waals surface area contributed by atoms with Crippen LogP contribution in [-0.2, 0) is 4.79 Å². The van der Waals surface area contributed by atoms with Gasteiger partial charge in [0, 0.05) is 5.02 Å². The van der Waals surface area contributed by atoms with Crippen LogP contribution in [0, 0.1) is 11.3 Å². The number of aldehydes is 1. The molecular weight excluding hydrogens is 202 g/mol. The lowest BCUT2D eigenvalue weighted by atomic mass is 10.3. The van der Waals surface area contributed by atoms with Crippen LogP contribution in [0.25, 0.3) is 0 Å². The van der Waals surface area contributed by atoms with Crippen molar-refractivity contribution in [3.05, 3.63) is 29.3 Å². The van der Waals surface area contributed by atoms with E-state index in [1.807, 2.05) is 0 Å². The summed E-state index contributed by atoms with van der Waals surface area (Å²) in [6, 6.07) is 8.34. The Morgan fingerprint density at radius 3 is 2.64 bits per heavy atom. The SMILES string of the molecule is N#C/C(C=O)=N\Nc1ccc(Cl)cc1. The van der Waals surface area contributed by atoms with E-state index in [4.69, 9.17) is 16.9 Å². The molecule has 0 aliphatic carbocycles. The monoisotopic (exact) mass is 207 g/mol. The van der Waals surface area contributed by atoms with Gasteiger partial charge in [-0.1, -0.05) is 11.6 Å². The third kappa shape index (κ3) is 2.88. The molecule has 0 saturated carbocycles. The van der Waals surface area contributed by atoms with Gasteiger partial charge in [-0.15, -0.1) is 0 Å². The summed E-state index contributed by atoms with van der Waals surface area (Å²) in [5, 5.41) is 12.5. The molecule has 14 heavy (non-hydrogen) atoms. The second-order valence-corrected chi connectivity index (χ2v) is 2.78.